The number of likely N-dealkylation sites (tertiary alicyclic amines) is 1. The second kappa shape index (κ2) is 8.04. The van der Waals surface area contributed by atoms with Gasteiger partial charge in [0.15, 0.2) is 4.90 Å². The Morgan fingerprint density at radius 1 is 1.32 bits per heavy atom. The van der Waals surface area contributed by atoms with Crippen molar-refractivity contribution in [2.24, 2.45) is 11.7 Å². The van der Waals surface area contributed by atoms with Crippen LogP contribution in [0.25, 0.3) is 0 Å². The SMILES string of the molecule is C[S+]([O-])c1ccccc1S(=O)(=O)NOC(=O)N1CCC(C(N)=O)CC1. The highest BCUT2D eigenvalue weighted by molar-refractivity contribution is 7.93. The highest BCUT2D eigenvalue weighted by Crippen LogP contribution is 2.21. The first-order chi connectivity index (χ1) is 11.7. The van der Waals surface area contributed by atoms with Crippen LogP contribution in [-0.4, -0.2) is 49.2 Å². The van der Waals surface area contributed by atoms with Gasteiger partial charge >= 0.3 is 6.09 Å². The molecule has 1 aromatic rings. The Morgan fingerprint density at radius 2 is 1.92 bits per heavy atom. The average molecular weight is 389 g/mol. The molecule has 0 spiro atoms. The fourth-order valence-corrected chi connectivity index (χ4v) is 4.62. The maximum Gasteiger partial charge on any atom is 0.429 e. The first-order valence-corrected chi connectivity index (χ1v) is 10.5. The van der Waals surface area contributed by atoms with Crippen molar-refractivity contribution in [1.82, 2.24) is 9.79 Å². The fourth-order valence-electron chi connectivity index (χ4n) is 2.46. The van der Waals surface area contributed by atoms with Crippen LogP contribution in [0.5, 0.6) is 0 Å². The standard InChI is InChI=1S/C14H19N3O6S2/c1-24(20)11-4-2-3-5-12(11)25(21,22)16-23-14(19)17-8-6-10(7-9-17)13(15)18/h2-5,10,16H,6-9H2,1H3,(H2,15,18). The zero-order valence-corrected chi connectivity index (χ0v) is 15.1. The molecule has 2 rings (SSSR count). The lowest BCUT2D eigenvalue weighted by molar-refractivity contribution is -0.123. The van der Waals surface area contributed by atoms with Gasteiger partial charge in [0, 0.05) is 19.0 Å². The van der Waals surface area contributed by atoms with Gasteiger partial charge in [-0.15, -0.1) is 0 Å². The summed E-state index contributed by atoms with van der Waals surface area (Å²) in [6.07, 6.45) is 1.27. The summed E-state index contributed by atoms with van der Waals surface area (Å²) in [5.74, 6) is -0.718. The molecule has 3 N–H and O–H groups in total. The second-order valence-corrected chi connectivity index (χ2v) is 8.48. The number of hydrogen-bond acceptors (Lipinski definition) is 6. The van der Waals surface area contributed by atoms with Crippen LogP contribution in [0.2, 0.25) is 0 Å². The molecule has 0 saturated carbocycles. The topological polar surface area (TPSA) is 142 Å². The quantitative estimate of drug-likeness (QED) is 0.534. The number of piperidine rings is 1. The van der Waals surface area contributed by atoms with Crippen molar-refractivity contribution in [2.45, 2.75) is 22.6 Å². The van der Waals surface area contributed by atoms with Gasteiger partial charge in [0.05, 0.1) is 0 Å². The molecule has 1 unspecified atom stereocenters. The van der Waals surface area contributed by atoms with Crippen LogP contribution < -0.4 is 10.6 Å². The molecule has 25 heavy (non-hydrogen) atoms. The molecule has 0 bridgehead atoms. The van der Waals surface area contributed by atoms with Gasteiger partial charge in [-0.3, -0.25) is 4.79 Å². The van der Waals surface area contributed by atoms with E-state index in [-0.39, 0.29) is 28.8 Å². The monoisotopic (exact) mass is 389 g/mol. The minimum absolute atomic E-state index is 0.105. The normalized spacial score (nSPS) is 17.1. The van der Waals surface area contributed by atoms with Crippen LogP contribution in [0.15, 0.2) is 34.1 Å². The molecule has 0 aromatic heterocycles. The maximum absolute atomic E-state index is 12.3. The van der Waals surface area contributed by atoms with Crippen LogP contribution >= 0.6 is 0 Å². The van der Waals surface area contributed by atoms with Gasteiger partial charge in [0.1, 0.15) is 11.2 Å². The zero-order valence-electron chi connectivity index (χ0n) is 13.5. The Labute approximate surface area is 148 Å². The Kier molecular flexibility index (Phi) is 6.27. The van der Waals surface area contributed by atoms with E-state index in [0.29, 0.717) is 12.8 Å². The molecular formula is C14H19N3O6S2. The number of amides is 2. The number of sulfonamides is 1. The fraction of sp³-hybridized carbons (Fsp3) is 0.429. The summed E-state index contributed by atoms with van der Waals surface area (Å²) >= 11 is -1.53. The highest BCUT2D eigenvalue weighted by atomic mass is 32.2. The number of carbonyl (C=O) groups is 2. The number of primary amides is 1. The molecule has 1 heterocycles. The summed E-state index contributed by atoms with van der Waals surface area (Å²) in [6, 6.07) is 5.72. The van der Waals surface area contributed by atoms with Crippen LogP contribution in [-0.2, 0) is 30.8 Å². The van der Waals surface area contributed by atoms with Gasteiger partial charge in [-0.2, -0.15) is 0 Å². The lowest BCUT2D eigenvalue weighted by Crippen LogP contribution is -2.44. The van der Waals surface area contributed by atoms with E-state index < -0.39 is 33.2 Å². The molecule has 1 atom stereocenters. The van der Waals surface area contributed by atoms with Gasteiger partial charge in [-0.1, -0.05) is 12.1 Å². The van der Waals surface area contributed by atoms with Crippen molar-refractivity contribution >= 4 is 33.2 Å². The first kappa shape index (κ1) is 19.5. The Morgan fingerprint density at radius 3 is 2.48 bits per heavy atom. The van der Waals surface area contributed by atoms with Gasteiger partial charge in [-0.25, -0.2) is 13.2 Å². The number of carbonyl (C=O) groups excluding carboxylic acids is 2. The third-order valence-electron chi connectivity index (χ3n) is 3.84. The van der Waals surface area contributed by atoms with Crippen LogP contribution in [0.4, 0.5) is 4.79 Å². The second-order valence-electron chi connectivity index (χ2n) is 5.52. The van der Waals surface area contributed by atoms with E-state index >= 15 is 0 Å². The third kappa shape index (κ3) is 4.84. The molecule has 1 aliphatic rings. The maximum atomic E-state index is 12.3. The Balaban J connectivity index is 1.99. The molecule has 1 aromatic carbocycles. The molecule has 0 aliphatic carbocycles. The van der Waals surface area contributed by atoms with E-state index in [4.69, 9.17) is 5.73 Å². The lowest BCUT2D eigenvalue weighted by atomic mass is 9.97. The number of nitrogens with two attached hydrogens (primary N) is 1. The molecule has 138 valence electrons. The van der Waals surface area contributed by atoms with Crippen molar-refractivity contribution in [3.05, 3.63) is 24.3 Å². The van der Waals surface area contributed by atoms with Crippen molar-refractivity contribution in [1.29, 1.82) is 0 Å². The van der Waals surface area contributed by atoms with Gasteiger partial charge in [-0.05, 0) is 41.0 Å². The summed E-state index contributed by atoms with van der Waals surface area (Å²) in [5.41, 5.74) is 5.22. The summed E-state index contributed by atoms with van der Waals surface area (Å²) in [5, 5.41) is 0. The van der Waals surface area contributed by atoms with Crippen LogP contribution in [0.3, 0.4) is 0 Å². The lowest BCUT2D eigenvalue weighted by Gasteiger charge is -2.29. The van der Waals surface area contributed by atoms with E-state index in [2.05, 4.69) is 4.84 Å². The van der Waals surface area contributed by atoms with Crippen LogP contribution in [0.1, 0.15) is 12.8 Å². The van der Waals surface area contributed by atoms with Gasteiger partial charge in [0.25, 0.3) is 10.0 Å². The number of nitrogens with one attached hydrogen (secondary N) is 1. The number of hydrogen-bond donors (Lipinski definition) is 2. The van der Waals surface area contributed by atoms with Crippen molar-refractivity contribution < 1.29 is 27.4 Å². The van der Waals surface area contributed by atoms with Gasteiger partial charge in [0.2, 0.25) is 5.91 Å². The van der Waals surface area contributed by atoms with E-state index in [9.17, 15) is 22.6 Å². The smallest absolute Gasteiger partial charge is 0.429 e. The molecule has 1 saturated heterocycles. The van der Waals surface area contributed by atoms with Crippen LogP contribution in [0, 0.1) is 5.92 Å². The zero-order chi connectivity index (χ0) is 18.6. The highest BCUT2D eigenvalue weighted by Gasteiger charge is 2.29. The average Bonchev–Trinajstić information content (AvgIpc) is 2.59. The van der Waals surface area contributed by atoms with E-state index in [1.807, 2.05) is 0 Å². The Bertz CT molecular complexity index is 745. The first-order valence-electron chi connectivity index (χ1n) is 7.41. The molecule has 2 amide bonds. The molecule has 0 radical (unpaired) electrons. The summed E-state index contributed by atoms with van der Waals surface area (Å²) in [6.45, 7) is 0.480. The predicted molar refractivity (Wildman–Crippen MR) is 89.1 cm³/mol. The van der Waals surface area contributed by atoms with E-state index in [1.165, 1.54) is 29.4 Å². The van der Waals surface area contributed by atoms with E-state index in [1.54, 1.807) is 11.0 Å². The van der Waals surface area contributed by atoms with Gasteiger partial charge < -0.3 is 20.0 Å². The summed E-state index contributed by atoms with van der Waals surface area (Å²) in [4.78, 5) is 30.7. The van der Waals surface area contributed by atoms with E-state index in [0.717, 1.165) is 0 Å². The minimum Gasteiger partial charge on any atom is -0.612 e. The summed E-state index contributed by atoms with van der Waals surface area (Å²) < 4.78 is 36.2. The van der Waals surface area contributed by atoms with Crippen molar-refractivity contribution in [3.8, 4) is 0 Å². The van der Waals surface area contributed by atoms with Crippen molar-refractivity contribution in [3.63, 3.8) is 0 Å². The molecule has 11 heteroatoms. The molecule has 9 nitrogen and oxygen atoms in total. The minimum atomic E-state index is -4.18. The Hall–Kier alpha value is -1.82. The predicted octanol–water partition coefficient (Wildman–Crippen LogP) is -0.0488. The van der Waals surface area contributed by atoms with Crippen molar-refractivity contribution in [2.75, 3.05) is 19.3 Å². The largest absolute Gasteiger partial charge is 0.612 e. The third-order valence-corrected chi connectivity index (χ3v) is 6.18. The number of nitrogens with zero attached hydrogens (tertiary/aromatic N) is 1. The molecule has 1 aliphatic heterocycles. The number of rotatable bonds is 5. The molecule has 1 fully saturated rings. The molecular weight excluding hydrogens is 370 g/mol. The number of benzene rings is 1. The summed E-state index contributed by atoms with van der Waals surface area (Å²) in [7, 11) is -4.18.